The first kappa shape index (κ1) is 86.9. The smallest absolute Gasteiger partial charge is 0.305 e. The molecule has 1 saturated heterocycles. The van der Waals surface area contributed by atoms with E-state index in [0.717, 1.165) is 57.8 Å². The Labute approximate surface area is 562 Å². The van der Waals surface area contributed by atoms with Crippen molar-refractivity contribution in [3.8, 4) is 0 Å². The van der Waals surface area contributed by atoms with Gasteiger partial charge in [-0.05, 0) is 83.5 Å². The highest BCUT2D eigenvalue weighted by Gasteiger charge is 2.44. The zero-order valence-electron chi connectivity index (χ0n) is 59.8. The first-order valence-corrected chi connectivity index (χ1v) is 39.8. The van der Waals surface area contributed by atoms with Gasteiger partial charge in [-0.2, -0.15) is 0 Å². The second kappa shape index (κ2) is 69.2. The summed E-state index contributed by atoms with van der Waals surface area (Å²) in [6, 6.07) is -0.805. The molecule has 0 aromatic heterocycles. The second-order valence-electron chi connectivity index (χ2n) is 27.8. The highest BCUT2D eigenvalue weighted by Crippen LogP contribution is 2.24. The molecule has 91 heavy (non-hydrogen) atoms. The van der Waals surface area contributed by atoms with E-state index in [1.165, 1.54) is 315 Å². The van der Waals surface area contributed by atoms with Crippen LogP contribution in [-0.4, -0.2) is 100 Å². The number of unbranched alkanes of at least 4 members (excludes halogenated alkanes) is 53. The van der Waals surface area contributed by atoms with Crippen LogP contribution in [0.3, 0.4) is 0 Å². The van der Waals surface area contributed by atoms with Crippen molar-refractivity contribution < 1.29 is 49.3 Å². The Hall–Kier alpha value is -2.12. The van der Waals surface area contributed by atoms with Gasteiger partial charge < -0.3 is 45.1 Å². The molecule has 0 aliphatic carbocycles. The number of amides is 1. The highest BCUT2D eigenvalue weighted by atomic mass is 16.7. The molecule has 1 amide bonds. The number of hydrogen-bond donors (Lipinski definition) is 6. The summed E-state index contributed by atoms with van der Waals surface area (Å²) in [5.41, 5.74) is 0. The van der Waals surface area contributed by atoms with E-state index in [2.05, 4.69) is 43.5 Å². The Bertz CT molecular complexity index is 1610. The number of allylic oxidation sites excluding steroid dienone is 5. The molecule has 11 heteroatoms. The van der Waals surface area contributed by atoms with Crippen molar-refractivity contribution in [2.75, 3.05) is 19.8 Å². The van der Waals surface area contributed by atoms with Crippen molar-refractivity contribution in [2.45, 2.75) is 442 Å². The van der Waals surface area contributed by atoms with Crippen LogP contribution in [0.15, 0.2) is 36.5 Å². The molecule has 7 unspecified atom stereocenters. The average molecular weight is 1290 g/mol. The Morgan fingerprint density at radius 1 is 0.396 bits per heavy atom. The molecule has 0 aromatic rings. The van der Waals surface area contributed by atoms with Gasteiger partial charge in [-0.15, -0.1) is 0 Å². The third kappa shape index (κ3) is 57.8. The molecule has 1 heterocycles. The minimum atomic E-state index is -1.57. The molecule has 0 saturated carbocycles. The third-order valence-electron chi connectivity index (χ3n) is 19.0. The van der Waals surface area contributed by atoms with Crippen LogP contribution in [0, 0.1) is 0 Å². The number of rotatable bonds is 71. The number of aliphatic hydroxyl groups excluding tert-OH is 5. The van der Waals surface area contributed by atoms with E-state index in [1.54, 1.807) is 6.08 Å². The number of nitrogens with one attached hydrogen (secondary N) is 1. The molecule has 0 aromatic carbocycles. The number of aliphatic hydroxyl groups is 5. The van der Waals surface area contributed by atoms with Gasteiger partial charge in [0.15, 0.2) is 6.29 Å². The van der Waals surface area contributed by atoms with E-state index in [9.17, 15) is 35.1 Å². The van der Waals surface area contributed by atoms with Crippen LogP contribution in [0.1, 0.15) is 399 Å². The molecule has 1 aliphatic rings. The third-order valence-corrected chi connectivity index (χ3v) is 19.0. The average Bonchev–Trinajstić information content (AvgIpc) is 3.30. The Morgan fingerprint density at radius 3 is 1.05 bits per heavy atom. The molecular weight excluding hydrogens is 1130 g/mol. The lowest BCUT2D eigenvalue weighted by atomic mass is 9.99. The predicted molar refractivity (Wildman–Crippen MR) is 384 cm³/mol. The summed E-state index contributed by atoms with van der Waals surface area (Å²) in [5.74, 6) is -0.166. The molecule has 0 spiro atoms. The largest absolute Gasteiger partial charge is 0.466 e. The summed E-state index contributed by atoms with van der Waals surface area (Å²) in [4.78, 5) is 25.1. The minimum absolute atomic E-state index is 0.0125. The topological polar surface area (TPSA) is 175 Å². The zero-order chi connectivity index (χ0) is 65.8. The van der Waals surface area contributed by atoms with E-state index >= 15 is 0 Å². The van der Waals surface area contributed by atoms with Crippen LogP contribution >= 0.6 is 0 Å². The van der Waals surface area contributed by atoms with Crippen LogP contribution in [0.5, 0.6) is 0 Å². The Morgan fingerprint density at radius 2 is 0.703 bits per heavy atom. The van der Waals surface area contributed by atoms with Crippen molar-refractivity contribution in [3.05, 3.63) is 36.5 Å². The van der Waals surface area contributed by atoms with Gasteiger partial charge in [0.05, 0.1) is 32.0 Å². The molecule has 536 valence electrons. The molecule has 0 bridgehead atoms. The van der Waals surface area contributed by atoms with E-state index in [1.807, 2.05) is 6.08 Å². The van der Waals surface area contributed by atoms with Gasteiger partial charge in [0.2, 0.25) is 5.91 Å². The summed E-state index contributed by atoms with van der Waals surface area (Å²) in [5, 5.41) is 54.3. The van der Waals surface area contributed by atoms with Crippen LogP contribution in [0.4, 0.5) is 0 Å². The summed E-state index contributed by atoms with van der Waals surface area (Å²) < 4.78 is 16.7. The van der Waals surface area contributed by atoms with Gasteiger partial charge in [-0.3, -0.25) is 9.59 Å². The highest BCUT2D eigenvalue weighted by molar-refractivity contribution is 5.76. The standard InChI is InChI=1S/C80H151NO10/c1-3-5-7-9-11-13-14-15-16-38-42-45-48-52-56-60-64-68-76(85)89-69-65-61-57-53-49-46-43-40-37-35-33-31-29-27-25-23-21-19-17-18-20-22-24-26-28-30-32-34-36-39-41-44-47-51-55-59-63-67-75(84)81-72(73(83)66-62-58-54-50-12-10-8-6-4-2)71-90-80-79(88)78(87)77(86)74(70-82)91-80/h15-17,19,62,66,72-74,77-80,82-83,86-88H,3-14,18,20-61,63-65,67-71H2,1-2H3,(H,81,84)/b16-15-,19-17-,66-62+. The lowest BCUT2D eigenvalue weighted by Gasteiger charge is -2.40. The fourth-order valence-electron chi connectivity index (χ4n) is 12.7. The normalized spacial score (nSPS) is 17.7. The maximum Gasteiger partial charge on any atom is 0.305 e. The fraction of sp³-hybridized carbons (Fsp3) is 0.900. The van der Waals surface area contributed by atoms with E-state index < -0.39 is 49.5 Å². The number of ether oxygens (including phenoxy) is 3. The van der Waals surface area contributed by atoms with Crippen LogP contribution in [-0.2, 0) is 23.8 Å². The van der Waals surface area contributed by atoms with E-state index in [4.69, 9.17) is 14.2 Å². The van der Waals surface area contributed by atoms with Crippen LogP contribution < -0.4 is 5.32 Å². The molecule has 1 rings (SSSR count). The van der Waals surface area contributed by atoms with Gasteiger partial charge in [-0.1, -0.05) is 339 Å². The number of esters is 1. The van der Waals surface area contributed by atoms with Crippen molar-refractivity contribution in [1.82, 2.24) is 5.32 Å². The van der Waals surface area contributed by atoms with Gasteiger partial charge in [-0.25, -0.2) is 0 Å². The molecule has 1 aliphatic heterocycles. The monoisotopic (exact) mass is 1290 g/mol. The predicted octanol–water partition coefficient (Wildman–Crippen LogP) is 21.3. The van der Waals surface area contributed by atoms with E-state index in [-0.39, 0.29) is 18.5 Å². The molecular formula is C80H151NO10. The van der Waals surface area contributed by atoms with Gasteiger partial charge >= 0.3 is 5.97 Å². The van der Waals surface area contributed by atoms with Gasteiger partial charge in [0.1, 0.15) is 24.4 Å². The lowest BCUT2D eigenvalue weighted by molar-refractivity contribution is -0.302. The maximum atomic E-state index is 13.0. The Kier molecular flexibility index (Phi) is 66.1. The zero-order valence-corrected chi connectivity index (χ0v) is 59.8. The fourth-order valence-corrected chi connectivity index (χ4v) is 12.7. The van der Waals surface area contributed by atoms with Gasteiger partial charge in [0.25, 0.3) is 0 Å². The van der Waals surface area contributed by atoms with Crippen molar-refractivity contribution >= 4 is 11.9 Å². The van der Waals surface area contributed by atoms with E-state index in [0.29, 0.717) is 19.4 Å². The summed E-state index contributed by atoms with van der Waals surface area (Å²) in [6.07, 6.45) is 80.6. The molecule has 11 nitrogen and oxygen atoms in total. The first-order chi connectivity index (χ1) is 44.7. The van der Waals surface area contributed by atoms with Crippen LogP contribution in [0.25, 0.3) is 0 Å². The first-order valence-electron chi connectivity index (χ1n) is 39.8. The molecule has 0 radical (unpaired) electrons. The number of carbonyl (C=O) groups is 2. The quantitative estimate of drug-likeness (QED) is 0.0195. The lowest BCUT2D eigenvalue weighted by Crippen LogP contribution is -2.60. The molecule has 7 atom stereocenters. The van der Waals surface area contributed by atoms with Crippen molar-refractivity contribution in [3.63, 3.8) is 0 Å². The SMILES string of the molecule is CCCCCCCC/C=C\CCCCCCCCCC(=O)OCCCCCCCCCCCCCCCCCC/C=C\CCCCCCCCCCCCCCCCCCCC(=O)NC(COC1OC(CO)C(O)C(O)C1O)C(O)/C=C/CCCCCCCCC. The molecule has 6 N–H and O–H groups in total. The second-order valence-corrected chi connectivity index (χ2v) is 27.8. The maximum absolute atomic E-state index is 13.0. The summed E-state index contributed by atoms with van der Waals surface area (Å²) >= 11 is 0. The number of hydrogen-bond acceptors (Lipinski definition) is 10. The number of carbonyl (C=O) groups excluding carboxylic acids is 2. The molecule has 1 fully saturated rings. The van der Waals surface area contributed by atoms with Crippen molar-refractivity contribution in [1.29, 1.82) is 0 Å². The van der Waals surface area contributed by atoms with Crippen LogP contribution in [0.2, 0.25) is 0 Å². The van der Waals surface area contributed by atoms with Gasteiger partial charge in [0, 0.05) is 12.8 Å². The van der Waals surface area contributed by atoms with Crippen molar-refractivity contribution in [2.24, 2.45) is 0 Å². The summed E-state index contributed by atoms with van der Waals surface area (Å²) in [7, 11) is 0. The minimum Gasteiger partial charge on any atom is -0.466 e. The Balaban J connectivity index is 1.85. The summed E-state index contributed by atoms with van der Waals surface area (Å²) in [6.45, 7) is 4.36.